The van der Waals surface area contributed by atoms with E-state index >= 15 is 0 Å². The van der Waals surface area contributed by atoms with Crippen molar-refractivity contribution in [2.24, 2.45) is 16.1 Å². The zero-order valence-electron chi connectivity index (χ0n) is 15.6. The zero-order chi connectivity index (χ0) is 19.8. The number of ether oxygens (including phenoxy) is 1. The van der Waals surface area contributed by atoms with Crippen LogP contribution in [0.3, 0.4) is 0 Å². The molecule has 0 fully saturated rings. The molecule has 7 nitrogen and oxygen atoms in total. The third kappa shape index (κ3) is 5.51. The molecule has 3 rings (SSSR count). The van der Waals surface area contributed by atoms with Crippen LogP contribution in [-0.4, -0.2) is 23.7 Å². The van der Waals surface area contributed by atoms with Gasteiger partial charge >= 0.3 is 0 Å². The summed E-state index contributed by atoms with van der Waals surface area (Å²) in [5, 5.41) is 7.84. The average Bonchev–Trinajstić information content (AvgIpc) is 3.03. The van der Waals surface area contributed by atoms with Crippen molar-refractivity contribution in [3.63, 3.8) is 0 Å². The van der Waals surface area contributed by atoms with Gasteiger partial charge in [-0.25, -0.2) is 10.9 Å². The Morgan fingerprint density at radius 1 is 1.25 bits per heavy atom. The Morgan fingerprint density at radius 2 is 2.07 bits per heavy atom. The van der Waals surface area contributed by atoms with E-state index in [2.05, 4.69) is 21.1 Å². The first-order valence-corrected chi connectivity index (χ1v) is 9.04. The van der Waals surface area contributed by atoms with Crippen LogP contribution in [0, 0.1) is 5.92 Å². The number of nitrogens with one attached hydrogen (secondary N) is 2. The summed E-state index contributed by atoms with van der Waals surface area (Å²) in [4.78, 5) is 23.5. The molecule has 0 spiro atoms. The Morgan fingerprint density at radius 3 is 2.82 bits per heavy atom. The van der Waals surface area contributed by atoms with Crippen LogP contribution in [0.5, 0.6) is 5.75 Å². The SMILES string of the molecule is CC1=NNC(=O)[C@H]1CCC(=O)N/N=C\c1cccc(OCc2ccccc2)c1. The number of hydrazone groups is 2. The van der Waals surface area contributed by atoms with Gasteiger partial charge in [0.05, 0.1) is 12.1 Å². The Hall–Kier alpha value is -3.48. The number of hydrogen-bond donors (Lipinski definition) is 2. The number of carbonyl (C=O) groups is 2. The summed E-state index contributed by atoms with van der Waals surface area (Å²) in [6.07, 6.45) is 2.16. The molecular weight excluding hydrogens is 356 g/mol. The topological polar surface area (TPSA) is 92.2 Å². The van der Waals surface area contributed by atoms with Crippen LogP contribution in [0.25, 0.3) is 0 Å². The molecule has 1 atom stereocenters. The summed E-state index contributed by atoms with van der Waals surface area (Å²) in [5.74, 6) is -0.0318. The van der Waals surface area contributed by atoms with E-state index in [9.17, 15) is 9.59 Å². The van der Waals surface area contributed by atoms with Crippen LogP contribution >= 0.6 is 0 Å². The standard InChI is InChI=1S/C21H22N4O3/c1-15-19(21(27)25-23-15)10-11-20(26)24-22-13-17-8-5-9-18(12-17)28-14-16-6-3-2-4-7-16/h2-9,12-13,19H,10-11,14H2,1H3,(H,24,26)(H,25,27)/b22-13-/t19-/m0/s1. The lowest BCUT2D eigenvalue weighted by Gasteiger charge is -2.07. The number of hydrogen-bond acceptors (Lipinski definition) is 5. The molecule has 0 saturated heterocycles. The predicted molar refractivity (Wildman–Crippen MR) is 107 cm³/mol. The minimum absolute atomic E-state index is 0.166. The summed E-state index contributed by atoms with van der Waals surface area (Å²) in [5.41, 5.74) is 7.49. The van der Waals surface area contributed by atoms with Gasteiger partial charge in [-0.15, -0.1) is 0 Å². The van der Waals surface area contributed by atoms with Crippen LogP contribution in [0.2, 0.25) is 0 Å². The first-order valence-electron chi connectivity index (χ1n) is 9.04. The van der Waals surface area contributed by atoms with Crippen LogP contribution in [0.15, 0.2) is 64.8 Å². The van der Waals surface area contributed by atoms with Crippen LogP contribution < -0.4 is 15.6 Å². The molecule has 0 saturated carbocycles. The Bertz CT molecular complexity index is 894. The third-order valence-electron chi connectivity index (χ3n) is 4.33. The van der Waals surface area contributed by atoms with Gasteiger partial charge in [-0.05, 0) is 36.6 Å². The lowest BCUT2D eigenvalue weighted by molar-refractivity contribution is -0.123. The maximum atomic E-state index is 11.9. The predicted octanol–water partition coefficient (Wildman–Crippen LogP) is 2.62. The average molecular weight is 378 g/mol. The van der Waals surface area contributed by atoms with E-state index < -0.39 is 0 Å². The molecule has 1 heterocycles. The minimum Gasteiger partial charge on any atom is -0.489 e. The highest BCUT2D eigenvalue weighted by Gasteiger charge is 2.26. The third-order valence-corrected chi connectivity index (χ3v) is 4.33. The second kappa shape index (κ2) is 9.45. The number of amides is 2. The molecule has 0 unspecified atom stereocenters. The van der Waals surface area contributed by atoms with Crippen molar-refractivity contribution in [2.45, 2.75) is 26.4 Å². The number of nitrogens with zero attached hydrogens (tertiary/aromatic N) is 2. The van der Waals surface area contributed by atoms with Gasteiger partial charge < -0.3 is 4.74 Å². The van der Waals surface area contributed by atoms with Crippen LogP contribution in [-0.2, 0) is 16.2 Å². The second-order valence-electron chi connectivity index (χ2n) is 6.46. The molecule has 2 aromatic rings. The van der Waals surface area contributed by atoms with E-state index in [1.54, 1.807) is 13.1 Å². The molecule has 0 aromatic heterocycles. The summed E-state index contributed by atoms with van der Waals surface area (Å²) >= 11 is 0. The lowest BCUT2D eigenvalue weighted by Crippen LogP contribution is -2.25. The van der Waals surface area contributed by atoms with Gasteiger partial charge in [0.2, 0.25) is 11.8 Å². The van der Waals surface area contributed by atoms with Crippen molar-refractivity contribution in [3.05, 3.63) is 65.7 Å². The number of benzene rings is 2. The van der Waals surface area contributed by atoms with Gasteiger partial charge in [-0.2, -0.15) is 10.2 Å². The molecule has 7 heteroatoms. The van der Waals surface area contributed by atoms with E-state index in [1.165, 1.54) is 0 Å². The fourth-order valence-electron chi connectivity index (χ4n) is 2.76. The van der Waals surface area contributed by atoms with Crippen molar-refractivity contribution in [1.29, 1.82) is 0 Å². The van der Waals surface area contributed by atoms with Gasteiger partial charge in [0.25, 0.3) is 0 Å². The highest BCUT2D eigenvalue weighted by atomic mass is 16.5. The molecule has 0 bridgehead atoms. The van der Waals surface area contributed by atoms with Crippen molar-refractivity contribution in [3.8, 4) is 5.75 Å². The zero-order valence-corrected chi connectivity index (χ0v) is 15.6. The van der Waals surface area contributed by atoms with Crippen molar-refractivity contribution in [2.75, 3.05) is 0 Å². The highest BCUT2D eigenvalue weighted by molar-refractivity contribution is 6.07. The van der Waals surface area contributed by atoms with E-state index in [0.717, 1.165) is 16.9 Å². The monoisotopic (exact) mass is 378 g/mol. The summed E-state index contributed by atoms with van der Waals surface area (Å²) in [6, 6.07) is 17.4. The molecule has 2 N–H and O–H groups in total. The first-order chi connectivity index (χ1) is 13.6. The van der Waals surface area contributed by atoms with Crippen molar-refractivity contribution in [1.82, 2.24) is 10.9 Å². The Balaban J connectivity index is 1.45. The normalized spacial score (nSPS) is 16.0. The molecule has 0 radical (unpaired) electrons. The first kappa shape index (κ1) is 19.3. The van der Waals surface area contributed by atoms with E-state index in [4.69, 9.17) is 4.74 Å². The molecular formula is C21H22N4O3. The molecule has 1 aliphatic rings. The van der Waals surface area contributed by atoms with Crippen molar-refractivity contribution < 1.29 is 14.3 Å². The van der Waals surface area contributed by atoms with E-state index in [-0.39, 0.29) is 24.2 Å². The molecule has 2 aromatic carbocycles. The van der Waals surface area contributed by atoms with Crippen LogP contribution in [0.4, 0.5) is 0 Å². The molecule has 1 aliphatic heterocycles. The molecule has 144 valence electrons. The van der Waals surface area contributed by atoms with Crippen LogP contribution in [0.1, 0.15) is 30.9 Å². The number of rotatable bonds is 8. The molecule has 28 heavy (non-hydrogen) atoms. The molecule has 2 amide bonds. The quantitative estimate of drug-likeness (QED) is 0.546. The fourth-order valence-corrected chi connectivity index (χ4v) is 2.76. The summed E-state index contributed by atoms with van der Waals surface area (Å²) in [7, 11) is 0. The van der Waals surface area contributed by atoms with Gasteiger partial charge in [-0.1, -0.05) is 42.5 Å². The van der Waals surface area contributed by atoms with Crippen molar-refractivity contribution >= 4 is 23.7 Å². The van der Waals surface area contributed by atoms with E-state index in [1.807, 2.05) is 54.6 Å². The van der Waals surface area contributed by atoms with Gasteiger partial charge in [0.1, 0.15) is 12.4 Å². The van der Waals surface area contributed by atoms with Gasteiger partial charge in [0, 0.05) is 12.1 Å². The Labute approximate surface area is 163 Å². The Kier molecular flexibility index (Phi) is 6.51. The lowest BCUT2D eigenvalue weighted by atomic mass is 9.99. The minimum atomic E-state index is -0.340. The summed E-state index contributed by atoms with van der Waals surface area (Å²) < 4.78 is 5.78. The largest absolute Gasteiger partial charge is 0.489 e. The second-order valence-corrected chi connectivity index (χ2v) is 6.46. The highest BCUT2D eigenvalue weighted by Crippen LogP contribution is 2.15. The summed E-state index contributed by atoms with van der Waals surface area (Å²) in [6.45, 7) is 2.25. The maximum absolute atomic E-state index is 11.9. The smallest absolute Gasteiger partial charge is 0.248 e. The fraction of sp³-hybridized carbons (Fsp3) is 0.238. The number of carbonyl (C=O) groups excluding carboxylic acids is 2. The van der Waals surface area contributed by atoms with Gasteiger partial charge in [0.15, 0.2) is 0 Å². The van der Waals surface area contributed by atoms with Gasteiger partial charge in [-0.3, -0.25) is 9.59 Å². The van der Waals surface area contributed by atoms with E-state index in [0.29, 0.717) is 18.7 Å². The molecule has 0 aliphatic carbocycles. The maximum Gasteiger partial charge on any atom is 0.248 e.